The molecule has 1 saturated carbocycles. The van der Waals surface area contributed by atoms with Gasteiger partial charge in [0.05, 0.1) is 12.0 Å². The Bertz CT molecular complexity index is 533. The minimum Gasteiger partial charge on any atom is -0.497 e. The second kappa shape index (κ2) is 3.90. The number of aromatic nitrogens is 1. The van der Waals surface area contributed by atoms with E-state index in [1.165, 1.54) is 18.2 Å². The molecular weight excluding hydrogens is 242 g/mol. The van der Waals surface area contributed by atoms with Crippen LogP contribution < -0.4 is 4.74 Å². The fraction of sp³-hybridized carbons (Fsp3) is 0.333. The third kappa shape index (κ3) is 1.78. The van der Waals surface area contributed by atoms with Gasteiger partial charge in [-0.1, -0.05) is 11.6 Å². The largest absolute Gasteiger partial charge is 0.497 e. The zero-order chi connectivity index (χ0) is 11.1. The van der Waals surface area contributed by atoms with Crippen molar-refractivity contribution in [2.75, 3.05) is 7.11 Å². The number of aromatic amines is 1. The first-order valence-corrected chi connectivity index (χ1v) is 6.55. The number of hydrogen-bond acceptors (Lipinski definition) is 2. The first kappa shape index (κ1) is 10.4. The molecule has 0 spiro atoms. The number of methoxy groups -OCH3 is 1. The van der Waals surface area contributed by atoms with E-state index in [1.54, 1.807) is 7.11 Å². The molecule has 84 valence electrons. The number of halogens is 1. The van der Waals surface area contributed by atoms with Crippen molar-refractivity contribution in [1.82, 2.24) is 4.98 Å². The highest BCUT2D eigenvalue weighted by atomic mass is 35.5. The molecular formula is C12H12ClNOS. The minimum absolute atomic E-state index is 0.750. The lowest BCUT2D eigenvalue weighted by Gasteiger charge is -2.01. The van der Waals surface area contributed by atoms with E-state index in [4.69, 9.17) is 16.3 Å². The summed E-state index contributed by atoms with van der Waals surface area (Å²) < 4.78 is 5.24. The topological polar surface area (TPSA) is 25.0 Å². The molecule has 0 unspecified atom stereocenters. The van der Waals surface area contributed by atoms with Crippen molar-refractivity contribution in [3.05, 3.63) is 23.4 Å². The molecule has 1 aromatic carbocycles. The summed E-state index contributed by atoms with van der Waals surface area (Å²) >= 11 is 8.09. The second-order valence-electron chi connectivity index (χ2n) is 4.00. The molecule has 1 heterocycles. The van der Waals surface area contributed by atoms with Crippen LogP contribution in [0.2, 0.25) is 5.15 Å². The molecule has 4 heteroatoms. The van der Waals surface area contributed by atoms with Crippen molar-refractivity contribution in [1.29, 1.82) is 0 Å². The van der Waals surface area contributed by atoms with E-state index in [1.807, 2.05) is 30.0 Å². The van der Waals surface area contributed by atoms with Crippen LogP contribution in [0.5, 0.6) is 5.75 Å². The van der Waals surface area contributed by atoms with Crippen LogP contribution in [-0.4, -0.2) is 17.3 Å². The Balaban J connectivity index is 2.11. The predicted molar refractivity (Wildman–Crippen MR) is 68.7 cm³/mol. The fourth-order valence-corrected chi connectivity index (χ4v) is 3.20. The smallest absolute Gasteiger partial charge is 0.121 e. The lowest BCUT2D eigenvalue weighted by atomic mass is 10.2. The van der Waals surface area contributed by atoms with Crippen LogP contribution >= 0.6 is 23.4 Å². The highest BCUT2D eigenvalue weighted by molar-refractivity contribution is 8.00. The quantitative estimate of drug-likeness (QED) is 0.892. The zero-order valence-corrected chi connectivity index (χ0v) is 10.5. The SMILES string of the molecule is COc1ccc2[nH]c(Cl)c(SC3CC3)c2c1. The predicted octanol–water partition coefficient (Wildman–Crippen LogP) is 4.08. The Morgan fingerprint density at radius 3 is 2.94 bits per heavy atom. The monoisotopic (exact) mass is 253 g/mol. The number of rotatable bonds is 3. The molecule has 3 rings (SSSR count). The molecule has 2 nitrogen and oxygen atoms in total. The minimum atomic E-state index is 0.750. The van der Waals surface area contributed by atoms with Gasteiger partial charge in [0.2, 0.25) is 0 Å². The van der Waals surface area contributed by atoms with Gasteiger partial charge in [0, 0.05) is 16.2 Å². The van der Waals surface area contributed by atoms with Gasteiger partial charge >= 0.3 is 0 Å². The maximum Gasteiger partial charge on any atom is 0.121 e. The van der Waals surface area contributed by atoms with Crippen molar-refractivity contribution in [3.63, 3.8) is 0 Å². The van der Waals surface area contributed by atoms with Gasteiger partial charge < -0.3 is 9.72 Å². The van der Waals surface area contributed by atoms with Crippen LogP contribution in [0.4, 0.5) is 0 Å². The van der Waals surface area contributed by atoms with E-state index in [-0.39, 0.29) is 0 Å². The number of hydrogen-bond donors (Lipinski definition) is 1. The van der Waals surface area contributed by atoms with Gasteiger partial charge in [-0.3, -0.25) is 0 Å². The normalized spacial score (nSPS) is 15.6. The highest BCUT2D eigenvalue weighted by Crippen LogP contribution is 2.45. The summed E-state index contributed by atoms with van der Waals surface area (Å²) in [7, 11) is 1.68. The average molecular weight is 254 g/mol. The average Bonchev–Trinajstić information content (AvgIpc) is 3.05. The summed E-state index contributed by atoms with van der Waals surface area (Å²) in [5.41, 5.74) is 1.08. The van der Waals surface area contributed by atoms with E-state index in [0.29, 0.717) is 0 Å². The molecule has 0 atom stereocenters. The summed E-state index contributed by atoms with van der Waals surface area (Å²) in [5.74, 6) is 0.876. The van der Waals surface area contributed by atoms with Crippen LogP contribution in [-0.2, 0) is 0 Å². The van der Waals surface area contributed by atoms with Crippen LogP contribution in [0, 0.1) is 0 Å². The van der Waals surface area contributed by atoms with Crippen LogP contribution in [0.1, 0.15) is 12.8 Å². The number of benzene rings is 1. The first-order chi connectivity index (χ1) is 7.78. The lowest BCUT2D eigenvalue weighted by molar-refractivity contribution is 0.415. The molecule has 0 bridgehead atoms. The Morgan fingerprint density at radius 1 is 1.44 bits per heavy atom. The van der Waals surface area contributed by atoms with E-state index >= 15 is 0 Å². The maximum absolute atomic E-state index is 6.22. The summed E-state index contributed by atoms with van der Waals surface area (Å²) in [6, 6.07) is 6.00. The van der Waals surface area contributed by atoms with Gasteiger partial charge in [0.1, 0.15) is 10.9 Å². The van der Waals surface area contributed by atoms with E-state index in [9.17, 15) is 0 Å². The number of ether oxygens (including phenoxy) is 1. The zero-order valence-electron chi connectivity index (χ0n) is 8.92. The van der Waals surface area contributed by atoms with Gasteiger partial charge in [-0.2, -0.15) is 0 Å². The molecule has 1 N–H and O–H groups in total. The van der Waals surface area contributed by atoms with E-state index < -0.39 is 0 Å². The van der Waals surface area contributed by atoms with Crippen molar-refractivity contribution in [2.45, 2.75) is 23.0 Å². The Kier molecular flexibility index (Phi) is 2.52. The van der Waals surface area contributed by atoms with Gasteiger partial charge in [0.25, 0.3) is 0 Å². The van der Waals surface area contributed by atoms with E-state index in [0.717, 1.165) is 26.6 Å². The molecule has 0 amide bonds. The molecule has 1 aromatic heterocycles. The van der Waals surface area contributed by atoms with Crippen molar-refractivity contribution >= 4 is 34.3 Å². The van der Waals surface area contributed by atoms with Crippen molar-refractivity contribution < 1.29 is 4.74 Å². The molecule has 1 aliphatic rings. The van der Waals surface area contributed by atoms with Gasteiger partial charge in [-0.05, 0) is 31.0 Å². The van der Waals surface area contributed by atoms with Crippen molar-refractivity contribution in [2.24, 2.45) is 0 Å². The molecule has 1 aliphatic carbocycles. The van der Waals surface area contributed by atoms with E-state index in [2.05, 4.69) is 4.98 Å². The van der Waals surface area contributed by atoms with Gasteiger partial charge in [0.15, 0.2) is 0 Å². The second-order valence-corrected chi connectivity index (χ2v) is 5.69. The molecule has 1 fully saturated rings. The Hall–Kier alpha value is -0.800. The number of thioether (sulfide) groups is 1. The summed E-state index contributed by atoms with van der Waals surface area (Å²) in [4.78, 5) is 4.37. The number of H-pyrrole nitrogens is 1. The first-order valence-electron chi connectivity index (χ1n) is 5.30. The summed E-state index contributed by atoms with van der Waals surface area (Å²) in [6.45, 7) is 0. The molecule has 16 heavy (non-hydrogen) atoms. The fourth-order valence-electron chi connectivity index (χ4n) is 1.71. The Morgan fingerprint density at radius 2 is 2.25 bits per heavy atom. The molecule has 0 saturated heterocycles. The molecule has 2 aromatic rings. The summed E-state index contributed by atoms with van der Waals surface area (Å²) in [5, 5.41) is 2.67. The third-order valence-corrected chi connectivity index (χ3v) is 4.58. The molecule has 0 aliphatic heterocycles. The number of nitrogens with one attached hydrogen (secondary N) is 1. The highest BCUT2D eigenvalue weighted by Gasteiger charge is 2.25. The third-order valence-electron chi connectivity index (χ3n) is 2.72. The van der Waals surface area contributed by atoms with Crippen LogP contribution in [0.15, 0.2) is 23.1 Å². The Labute approximate surface area is 103 Å². The van der Waals surface area contributed by atoms with Crippen LogP contribution in [0.25, 0.3) is 10.9 Å². The van der Waals surface area contributed by atoms with Gasteiger partial charge in [-0.15, -0.1) is 11.8 Å². The van der Waals surface area contributed by atoms with Gasteiger partial charge in [-0.25, -0.2) is 0 Å². The summed E-state index contributed by atoms with van der Waals surface area (Å²) in [6.07, 6.45) is 2.61. The van der Waals surface area contributed by atoms with Crippen LogP contribution in [0.3, 0.4) is 0 Å². The number of fused-ring (bicyclic) bond motifs is 1. The van der Waals surface area contributed by atoms with Crippen molar-refractivity contribution in [3.8, 4) is 5.75 Å². The molecule has 0 radical (unpaired) electrons. The lowest BCUT2D eigenvalue weighted by Crippen LogP contribution is -1.81. The standard InChI is InChI=1S/C12H12ClNOS/c1-15-7-2-5-10-9(6-7)11(12(13)14-10)16-8-3-4-8/h2,5-6,8,14H,3-4H2,1H3. The maximum atomic E-state index is 6.22.